The quantitative estimate of drug-likeness (QED) is 0.734. The average molecular weight is 375 g/mol. The van der Waals surface area contributed by atoms with E-state index in [-0.39, 0.29) is 0 Å². The zero-order valence-electron chi connectivity index (χ0n) is 16.3. The van der Waals surface area contributed by atoms with E-state index in [1.54, 1.807) is 12.4 Å². The van der Waals surface area contributed by atoms with Gasteiger partial charge >= 0.3 is 0 Å². The Kier molecular flexibility index (Phi) is 5.32. The number of aryl methyl sites for hydroxylation is 2. The second kappa shape index (κ2) is 8.21. The number of rotatable bonds is 5. The van der Waals surface area contributed by atoms with E-state index in [4.69, 9.17) is 4.98 Å². The van der Waals surface area contributed by atoms with Crippen LogP contribution in [0.5, 0.6) is 0 Å². The summed E-state index contributed by atoms with van der Waals surface area (Å²) in [6.45, 7) is 7.65. The third-order valence-corrected chi connectivity index (χ3v) is 4.90. The molecule has 0 radical (unpaired) electrons. The Labute approximate surface area is 165 Å². The van der Waals surface area contributed by atoms with E-state index in [1.807, 2.05) is 19.1 Å². The maximum atomic E-state index is 4.75. The van der Waals surface area contributed by atoms with Gasteiger partial charge in [-0.15, -0.1) is 0 Å². The number of hydrogen-bond donors (Lipinski definition) is 1. The second-order valence-corrected chi connectivity index (χ2v) is 6.89. The third kappa shape index (κ3) is 4.19. The molecule has 1 N–H and O–H groups in total. The van der Waals surface area contributed by atoms with Gasteiger partial charge in [0.15, 0.2) is 0 Å². The standard InChI is InChI=1S/C21H25N7/c1-3-17-5-7-18(8-6-17)25-20-24-16(2)15-19(26-20)27-11-13-28(14-12-27)21-22-9-4-10-23-21/h4-10,15H,3,11-14H2,1-2H3,(H,24,25,26). The fourth-order valence-electron chi connectivity index (χ4n) is 3.31. The summed E-state index contributed by atoms with van der Waals surface area (Å²) in [6.07, 6.45) is 4.60. The first kappa shape index (κ1) is 18.2. The molecule has 1 aromatic carbocycles. The van der Waals surface area contributed by atoms with Gasteiger partial charge in [0.05, 0.1) is 0 Å². The number of anilines is 4. The Hall–Kier alpha value is -3.22. The number of benzene rings is 1. The van der Waals surface area contributed by atoms with Crippen LogP contribution in [0.4, 0.5) is 23.4 Å². The first-order valence-electron chi connectivity index (χ1n) is 9.70. The fraction of sp³-hybridized carbons (Fsp3) is 0.333. The molecule has 0 atom stereocenters. The minimum atomic E-state index is 0.632. The number of hydrogen-bond acceptors (Lipinski definition) is 7. The summed E-state index contributed by atoms with van der Waals surface area (Å²) < 4.78 is 0. The van der Waals surface area contributed by atoms with Crippen LogP contribution in [0.25, 0.3) is 0 Å². The molecule has 0 amide bonds. The van der Waals surface area contributed by atoms with Crippen molar-refractivity contribution < 1.29 is 0 Å². The summed E-state index contributed by atoms with van der Waals surface area (Å²) in [7, 11) is 0. The van der Waals surface area contributed by atoms with Crippen LogP contribution in [0.15, 0.2) is 48.8 Å². The Balaban J connectivity index is 1.45. The van der Waals surface area contributed by atoms with Gasteiger partial charge in [-0.2, -0.15) is 4.98 Å². The van der Waals surface area contributed by atoms with Crippen molar-refractivity contribution in [2.75, 3.05) is 41.3 Å². The molecule has 3 aromatic rings. The Morgan fingerprint density at radius 1 is 0.929 bits per heavy atom. The molecule has 0 spiro atoms. The van der Waals surface area contributed by atoms with E-state index >= 15 is 0 Å². The van der Waals surface area contributed by atoms with Gasteiger partial charge in [-0.1, -0.05) is 19.1 Å². The maximum absolute atomic E-state index is 4.75. The minimum absolute atomic E-state index is 0.632. The average Bonchev–Trinajstić information content (AvgIpc) is 2.75. The smallest absolute Gasteiger partial charge is 0.229 e. The van der Waals surface area contributed by atoms with Gasteiger partial charge in [-0.05, 0) is 37.1 Å². The Morgan fingerprint density at radius 3 is 2.29 bits per heavy atom. The highest BCUT2D eigenvalue weighted by Gasteiger charge is 2.20. The van der Waals surface area contributed by atoms with Gasteiger partial charge in [-0.25, -0.2) is 15.0 Å². The van der Waals surface area contributed by atoms with Crippen LogP contribution in [-0.2, 0) is 6.42 Å². The molecule has 1 saturated heterocycles. The van der Waals surface area contributed by atoms with Gasteiger partial charge in [0.25, 0.3) is 0 Å². The highest BCUT2D eigenvalue weighted by molar-refractivity contribution is 5.56. The number of aromatic nitrogens is 4. The van der Waals surface area contributed by atoms with E-state index in [0.717, 1.165) is 55.7 Å². The molecular weight excluding hydrogens is 350 g/mol. The van der Waals surface area contributed by atoms with E-state index in [1.165, 1.54) is 5.56 Å². The van der Waals surface area contributed by atoms with E-state index < -0.39 is 0 Å². The van der Waals surface area contributed by atoms with Crippen molar-refractivity contribution in [2.24, 2.45) is 0 Å². The summed E-state index contributed by atoms with van der Waals surface area (Å²) in [5.41, 5.74) is 3.27. The van der Waals surface area contributed by atoms with E-state index in [0.29, 0.717) is 5.95 Å². The SMILES string of the molecule is CCc1ccc(Nc2nc(C)cc(N3CCN(c4ncccn4)CC3)n2)cc1. The molecular formula is C21H25N7. The molecule has 28 heavy (non-hydrogen) atoms. The van der Waals surface area contributed by atoms with Crippen molar-refractivity contribution >= 4 is 23.4 Å². The van der Waals surface area contributed by atoms with Crippen LogP contribution in [0.1, 0.15) is 18.2 Å². The summed E-state index contributed by atoms with van der Waals surface area (Å²) in [5, 5.41) is 3.33. The predicted octanol–water partition coefficient (Wildman–Crippen LogP) is 3.21. The van der Waals surface area contributed by atoms with E-state index in [2.05, 4.69) is 61.3 Å². The van der Waals surface area contributed by atoms with Crippen molar-refractivity contribution in [3.05, 3.63) is 60.0 Å². The lowest BCUT2D eigenvalue weighted by molar-refractivity contribution is 0.634. The lowest BCUT2D eigenvalue weighted by Gasteiger charge is -2.35. The lowest BCUT2D eigenvalue weighted by Crippen LogP contribution is -2.47. The molecule has 7 nitrogen and oxygen atoms in total. The highest BCUT2D eigenvalue weighted by atomic mass is 15.3. The molecule has 0 unspecified atom stereocenters. The third-order valence-electron chi connectivity index (χ3n) is 4.90. The van der Waals surface area contributed by atoms with Gasteiger partial charge in [0.1, 0.15) is 5.82 Å². The zero-order valence-corrected chi connectivity index (χ0v) is 16.3. The van der Waals surface area contributed by atoms with Gasteiger partial charge in [0.2, 0.25) is 11.9 Å². The van der Waals surface area contributed by atoms with Crippen LogP contribution in [0, 0.1) is 6.92 Å². The molecule has 3 heterocycles. The van der Waals surface area contributed by atoms with Crippen LogP contribution in [0.2, 0.25) is 0 Å². The summed E-state index contributed by atoms with van der Waals surface area (Å²) >= 11 is 0. The minimum Gasteiger partial charge on any atom is -0.353 e. The topological polar surface area (TPSA) is 70.1 Å². The lowest BCUT2D eigenvalue weighted by atomic mass is 10.1. The van der Waals surface area contributed by atoms with Crippen molar-refractivity contribution in [2.45, 2.75) is 20.3 Å². The summed E-state index contributed by atoms with van der Waals surface area (Å²) in [5.74, 6) is 2.38. The first-order valence-corrected chi connectivity index (χ1v) is 9.70. The maximum Gasteiger partial charge on any atom is 0.229 e. The largest absolute Gasteiger partial charge is 0.353 e. The van der Waals surface area contributed by atoms with Crippen LogP contribution in [0.3, 0.4) is 0 Å². The predicted molar refractivity (Wildman–Crippen MR) is 112 cm³/mol. The second-order valence-electron chi connectivity index (χ2n) is 6.89. The van der Waals surface area contributed by atoms with Crippen LogP contribution >= 0.6 is 0 Å². The highest BCUT2D eigenvalue weighted by Crippen LogP contribution is 2.21. The molecule has 0 aliphatic carbocycles. The molecule has 0 saturated carbocycles. The number of nitrogens with zero attached hydrogens (tertiary/aromatic N) is 6. The summed E-state index contributed by atoms with van der Waals surface area (Å²) in [6, 6.07) is 12.3. The van der Waals surface area contributed by atoms with Crippen molar-refractivity contribution in [1.29, 1.82) is 0 Å². The van der Waals surface area contributed by atoms with Crippen LogP contribution in [-0.4, -0.2) is 46.1 Å². The van der Waals surface area contributed by atoms with Gasteiger partial charge < -0.3 is 15.1 Å². The van der Waals surface area contributed by atoms with Crippen LogP contribution < -0.4 is 15.1 Å². The normalized spacial score (nSPS) is 14.2. The Bertz CT molecular complexity index is 904. The monoisotopic (exact) mass is 375 g/mol. The van der Waals surface area contributed by atoms with Crippen molar-refractivity contribution in [3.63, 3.8) is 0 Å². The van der Waals surface area contributed by atoms with Gasteiger partial charge in [0, 0.05) is 56.0 Å². The first-order chi connectivity index (χ1) is 13.7. The van der Waals surface area contributed by atoms with Crippen molar-refractivity contribution in [3.8, 4) is 0 Å². The molecule has 1 fully saturated rings. The molecule has 2 aromatic heterocycles. The van der Waals surface area contributed by atoms with Crippen molar-refractivity contribution in [1.82, 2.24) is 19.9 Å². The molecule has 144 valence electrons. The number of piperazine rings is 1. The van der Waals surface area contributed by atoms with Gasteiger partial charge in [-0.3, -0.25) is 0 Å². The molecule has 0 bridgehead atoms. The molecule has 1 aliphatic heterocycles. The molecule has 7 heteroatoms. The van der Waals surface area contributed by atoms with E-state index in [9.17, 15) is 0 Å². The molecule has 1 aliphatic rings. The number of nitrogens with one attached hydrogen (secondary N) is 1. The zero-order chi connectivity index (χ0) is 19.3. The summed E-state index contributed by atoms with van der Waals surface area (Å²) in [4.78, 5) is 22.5. The fourth-order valence-corrected chi connectivity index (χ4v) is 3.31. The Morgan fingerprint density at radius 2 is 1.61 bits per heavy atom. The molecule has 4 rings (SSSR count).